The van der Waals surface area contributed by atoms with Gasteiger partial charge in [0.15, 0.2) is 0 Å². The summed E-state index contributed by atoms with van der Waals surface area (Å²) < 4.78 is 0. The fourth-order valence-electron chi connectivity index (χ4n) is 2.12. The van der Waals surface area contributed by atoms with Gasteiger partial charge in [-0.1, -0.05) is 47.6 Å². The summed E-state index contributed by atoms with van der Waals surface area (Å²) >= 11 is 17.6. The number of nitrogens with one attached hydrogen (secondary N) is 1. The first-order valence-corrected chi connectivity index (χ1v) is 6.81. The summed E-state index contributed by atoms with van der Waals surface area (Å²) in [4.78, 5) is 12.1. The minimum atomic E-state index is -0.436. The van der Waals surface area contributed by atoms with E-state index in [2.05, 4.69) is 5.32 Å². The molecule has 3 nitrogen and oxygen atoms in total. The van der Waals surface area contributed by atoms with Crippen molar-refractivity contribution in [1.82, 2.24) is 5.32 Å². The molecule has 0 spiro atoms. The Morgan fingerprint density at radius 3 is 2.44 bits per heavy atom. The molecule has 0 bridgehead atoms. The van der Waals surface area contributed by atoms with Crippen molar-refractivity contribution in [3.63, 3.8) is 0 Å². The Hall–Kier alpha value is -0.640. The van der Waals surface area contributed by atoms with Gasteiger partial charge in [-0.3, -0.25) is 4.79 Å². The van der Waals surface area contributed by atoms with E-state index in [1.54, 1.807) is 0 Å². The normalized spacial score (nSPS) is 15.9. The molecule has 0 unspecified atom stereocenters. The molecule has 0 saturated heterocycles. The zero-order valence-electron chi connectivity index (χ0n) is 9.47. The van der Waals surface area contributed by atoms with Crippen molar-refractivity contribution in [3.8, 4) is 5.75 Å². The fraction of sp³-hybridized carbons (Fsp3) is 0.417. The second kappa shape index (κ2) is 5.55. The summed E-state index contributed by atoms with van der Waals surface area (Å²) in [5.74, 6) is -0.768. The summed E-state index contributed by atoms with van der Waals surface area (Å²) in [5, 5.41) is 12.8. The first kappa shape index (κ1) is 13.8. The fourth-order valence-corrected chi connectivity index (χ4v) is 2.81. The van der Waals surface area contributed by atoms with E-state index in [1.165, 1.54) is 6.07 Å². The smallest absolute Gasteiger partial charge is 0.256 e. The zero-order valence-corrected chi connectivity index (χ0v) is 11.7. The zero-order chi connectivity index (χ0) is 13.3. The van der Waals surface area contributed by atoms with Gasteiger partial charge in [-0.15, -0.1) is 0 Å². The monoisotopic (exact) mass is 307 g/mol. The second-order valence-corrected chi connectivity index (χ2v) is 5.53. The Morgan fingerprint density at radius 2 is 1.83 bits per heavy atom. The highest BCUT2D eigenvalue weighted by atomic mass is 35.5. The van der Waals surface area contributed by atoms with Crippen molar-refractivity contribution < 1.29 is 9.90 Å². The van der Waals surface area contributed by atoms with E-state index in [1.807, 2.05) is 0 Å². The highest BCUT2D eigenvalue weighted by Crippen LogP contribution is 2.38. The number of phenols is 1. The predicted octanol–water partition coefficient (Wildman–Crippen LogP) is 4.02. The largest absolute Gasteiger partial charge is 0.505 e. The molecular formula is C12H12Cl3NO2. The molecule has 6 heteroatoms. The molecule has 0 aliphatic heterocycles. The summed E-state index contributed by atoms with van der Waals surface area (Å²) in [7, 11) is 0. The molecule has 0 radical (unpaired) electrons. The Morgan fingerprint density at radius 1 is 1.22 bits per heavy atom. The Bertz CT molecular complexity index is 458. The topological polar surface area (TPSA) is 49.3 Å². The number of carbonyl (C=O) groups excluding carboxylic acids is 1. The predicted molar refractivity (Wildman–Crippen MR) is 72.9 cm³/mol. The van der Waals surface area contributed by atoms with Gasteiger partial charge in [0.05, 0.1) is 15.1 Å². The molecule has 18 heavy (non-hydrogen) atoms. The standard InChI is InChI=1S/C12H12Cl3NO2/c13-7-5-8(14)11(17)9(10(7)15)12(18)16-6-3-1-2-4-6/h5-6,17H,1-4H2,(H,16,18). The SMILES string of the molecule is O=C(NC1CCCC1)c1c(O)c(Cl)cc(Cl)c1Cl. The number of halogens is 3. The van der Waals surface area contributed by atoms with Gasteiger partial charge in [-0.2, -0.15) is 0 Å². The van der Waals surface area contributed by atoms with Gasteiger partial charge in [-0.25, -0.2) is 0 Å². The van der Waals surface area contributed by atoms with E-state index in [0.29, 0.717) is 0 Å². The number of amides is 1. The minimum absolute atomic E-state index is 0.0148. The average Bonchev–Trinajstić information content (AvgIpc) is 2.79. The summed E-state index contributed by atoms with van der Waals surface area (Å²) in [5.41, 5.74) is -0.0546. The molecular weight excluding hydrogens is 296 g/mol. The number of hydrogen-bond donors (Lipinski definition) is 2. The first-order chi connectivity index (χ1) is 8.50. The molecule has 1 aromatic rings. The van der Waals surface area contributed by atoms with Crippen LogP contribution in [0.5, 0.6) is 5.75 Å². The maximum absolute atomic E-state index is 12.1. The van der Waals surface area contributed by atoms with Crippen molar-refractivity contribution in [2.75, 3.05) is 0 Å². The molecule has 2 rings (SSSR count). The van der Waals surface area contributed by atoms with E-state index in [-0.39, 0.29) is 32.4 Å². The minimum Gasteiger partial charge on any atom is -0.505 e. The van der Waals surface area contributed by atoms with Crippen LogP contribution < -0.4 is 5.32 Å². The molecule has 1 saturated carbocycles. The van der Waals surface area contributed by atoms with Crippen molar-refractivity contribution in [2.24, 2.45) is 0 Å². The molecule has 1 aliphatic rings. The van der Waals surface area contributed by atoms with Crippen LogP contribution in [0.2, 0.25) is 15.1 Å². The van der Waals surface area contributed by atoms with Crippen molar-refractivity contribution >= 4 is 40.7 Å². The maximum atomic E-state index is 12.1. The summed E-state index contributed by atoms with van der Waals surface area (Å²) in [6.45, 7) is 0. The molecule has 98 valence electrons. The van der Waals surface area contributed by atoms with Crippen LogP contribution in [0, 0.1) is 0 Å². The van der Waals surface area contributed by atoms with Crippen LogP contribution in [0.25, 0.3) is 0 Å². The lowest BCUT2D eigenvalue weighted by atomic mass is 10.1. The van der Waals surface area contributed by atoms with Gasteiger partial charge in [0.2, 0.25) is 0 Å². The van der Waals surface area contributed by atoms with Crippen LogP contribution in [0.3, 0.4) is 0 Å². The number of benzene rings is 1. The quantitative estimate of drug-likeness (QED) is 0.811. The molecule has 1 fully saturated rings. The first-order valence-electron chi connectivity index (χ1n) is 5.68. The molecule has 1 aromatic carbocycles. The summed E-state index contributed by atoms with van der Waals surface area (Å²) in [6.07, 6.45) is 4.08. The van der Waals surface area contributed by atoms with Crippen molar-refractivity contribution in [3.05, 3.63) is 26.7 Å². The van der Waals surface area contributed by atoms with Crippen LogP contribution in [0.15, 0.2) is 6.07 Å². The molecule has 1 aliphatic carbocycles. The molecule has 0 heterocycles. The highest BCUT2D eigenvalue weighted by Gasteiger charge is 2.24. The van der Waals surface area contributed by atoms with E-state index in [0.717, 1.165) is 25.7 Å². The van der Waals surface area contributed by atoms with Crippen LogP contribution in [-0.2, 0) is 0 Å². The lowest BCUT2D eigenvalue weighted by Gasteiger charge is -2.14. The Kier molecular flexibility index (Phi) is 4.25. The van der Waals surface area contributed by atoms with Crippen LogP contribution in [-0.4, -0.2) is 17.1 Å². The Labute approximate surface area is 120 Å². The van der Waals surface area contributed by atoms with Crippen LogP contribution >= 0.6 is 34.8 Å². The number of hydrogen-bond acceptors (Lipinski definition) is 2. The number of rotatable bonds is 2. The van der Waals surface area contributed by atoms with Gasteiger partial charge < -0.3 is 10.4 Å². The van der Waals surface area contributed by atoms with E-state index in [9.17, 15) is 9.90 Å². The van der Waals surface area contributed by atoms with Gasteiger partial charge in [-0.05, 0) is 18.9 Å². The third-order valence-electron chi connectivity index (χ3n) is 3.06. The van der Waals surface area contributed by atoms with Crippen LogP contribution in [0.1, 0.15) is 36.0 Å². The second-order valence-electron chi connectivity index (χ2n) is 4.33. The average molecular weight is 309 g/mol. The molecule has 2 N–H and O–H groups in total. The van der Waals surface area contributed by atoms with Gasteiger partial charge in [0.25, 0.3) is 5.91 Å². The maximum Gasteiger partial charge on any atom is 0.256 e. The van der Waals surface area contributed by atoms with Crippen molar-refractivity contribution in [2.45, 2.75) is 31.7 Å². The van der Waals surface area contributed by atoms with Gasteiger partial charge >= 0.3 is 0 Å². The highest BCUT2D eigenvalue weighted by molar-refractivity contribution is 6.45. The van der Waals surface area contributed by atoms with Crippen LogP contribution in [0.4, 0.5) is 0 Å². The van der Waals surface area contributed by atoms with E-state index >= 15 is 0 Å². The summed E-state index contributed by atoms with van der Waals surface area (Å²) in [6, 6.07) is 1.44. The van der Waals surface area contributed by atoms with Crippen molar-refractivity contribution in [1.29, 1.82) is 0 Å². The third kappa shape index (κ3) is 2.68. The lowest BCUT2D eigenvalue weighted by molar-refractivity contribution is 0.0935. The molecule has 0 atom stereocenters. The number of carbonyl (C=O) groups is 1. The molecule has 0 aromatic heterocycles. The number of phenolic OH excluding ortho intramolecular Hbond substituents is 1. The van der Waals surface area contributed by atoms with E-state index in [4.69, 9.17) is 34.8 Å². The lowest BCUT2D eigenvalue weighted by Crippen LogP contribution is -2.32. The Balaban J connectivity index is 2.29. The van der Waals surface area contributed by atoms with E-state index < -0.39 is 5.91 Å². The van der Waals surface area contributed by atoms with Gasteiger partial charge in [0.1, 0.15) is 11.3 Å². The van der Waals surface area contributed by atoms with Gasteiger partial charge in [0, 0.05) is 6.04 Å². The molecule has 1 amide bonds. The number of aromatic hydroxyl groups is 1. The third-order valence-corrected chi connectivity index (χ3v) is 4.14.